The lowest BCUT2D eigenvalue weighted by atomic mass is 9.95. The van der Waals surface area contributed by atoms with E-state index in [4.69, 9.17) is 19.9 Å². The number of methoxy groups -OCH3 is 3. The van der Waals surface area contributed by atoms with Crippen LogP contribution in [0, 0.1) is 5.92 Å². The molecule has 20 heavy (non-hydrogen) atoms. The zero-order chi connectivity index (χ0) is 14.7. The Kier molecular flexibility index (Phi) is 4.60. The molecule has 1 aromatic carbocycles. The fourth-order valence-electron chi connectivity index (χ4n) is 2.72. The van der Waals surface area contributed by atoms with Gasteiger partial charge in [-0.25, -0.2) is 0 Å². The van der Waals surface area contributed by atoms with Crippen LogP contribution in [0.1, 0.15) is 13.3 Å². The highest BCUT2D eigenvalue weighted by Crippen LogP contribution is 2.38. The summed E-state index contributed by atoms with van der Waals surface area (Å²) in [5.74, 6) is 1.92. The largest absolute Gasteiger partial charge is 0.493 e. The maximum absolute atomic E-state index is 6.15. The highest BCUT2D eigenvalue weighted by Gasteiger charge is 2.27. The first-order valence-electron chi connectivity index (χ1n) is 6.90. The average Bonchev–Trinajstić information content (AvgIpc) is 2.47. The van der Waals surface area contributed by atoms with Crippen molar-refractivity contribution in [1.82, 2.24) is 0 Å². The molecule has 2 N–H and O–H groups in total. The summed E-state index contributed by atoms with van der Waals surface area (Å²) < 4.78 is 16.2. The Morgan fingerprint density at radius 1 is 1.15 bits per heavy atom. The fraction of sp³-hybridized carbons (Fsp3) is 0.600. The Labute approximate surface area is 120 Å². The highest BCUT2D eigenvalue weighted by atomic mass is 16.5. The van der Waals surface area contributed by atoms with Gasteiger partial charge < -0.3 is 24.8 Å². The molecule has 0 spiro atoms. The number of benzene rings is 1. The maximum Gasteiger partial charge on any atom is 0.162 e. The standard InChI is InChI=1S/C15H24N2O3/c1-10-5-6-17(9-15(10)20-4)12-8-14(19-3)13(18-2)7-11(12)16/h7-8,10,15H,5-6,9,16H2,1-4H3. The van der Waals surface area contributed by atoms with Crippen molar-refractivity contribution < 1.29 is 14.2 Å². The lowest BCUT2D eigenvalue weighted by Gasteiger charge is -2.38. The van der Waals surface area contributed by atoms with Gasteiger partial charge in [0.25, 0.3) is 0 Å². The summed E-state index contributed by atoms with van der Waals surface area (Å²) in [5.41, 5.74) is 7.84. The molecular weight excluding hydrogens is 256 g/mol. The van der Waals surface area contributed by atoms with Gasteiger partial charge in [-0.05, 0) is 12.3 Å². The van der Waals surface area contributed by atoms with Gasteiger partial charge in [0.1, 0.15) is 0 Å². The highest BCUT2D eigenvalue weighted by molar-refractivity contribution is 5.73. The van der Waals surface area contributed by atoms with E-state index < -0.39 is 0 Å². The molecule has 0 bridgehead atoms. The maximum atomic E-state index is 6.15. The van der Waals surface area contributed by atoms with Gasteiger partial charge >= 0.3 is 0 Å². The van der Waals surface area contributed by atoms with Crippen LogP contribution in [0.5, 0.6) is 11.5 Å². The van der Waals surface area contributed by atoms with Crippen LogP contribution in [0.2, 0.25) is 0 Å². The molecule has 1 aliphatic heterocycles. The second-order valence-electron chi connectivity index (χ2n) is 5.25. The molecule has 0 aromatic heterocycles. The van der Waals surface area contributed by atoms with Crippen LogP contribution < -0.4 is 20.1 Å². The van der Waals surface area contributed by atoms with Crippen molar-refractivity contribution >= 4 is 11.4 Å². The van der Waals surface area contributed by atoms with E-state index >= 15 is 0 Å². The molecule has 0 radical (unpaired) electrons. The molecule has 112 valence electrons. The molecule has 1 aliphatic rings. The van der Waals surface area contributed by atoms with E-state index in [9.17, 15) is 0 Å². The van der Waals surface area contributed by atoms with Crippen molar-refractivity contribution in [3.05, 3.63) is 12.1 Å². The first kappa shape index (κ1) is 14.8. The lowest BCUT2D eigenvalue weighted by molar-refractivity contribution is 0.0498. The fourth-order valence-corrected chi connectivity index (χ4v) is 2.72. The number of anilines is 2. The summed E-state index contributed by atoms with van der Waals surface area (Å²) in [6, 6.07) is 3.75. The first-order valence-corrected chi connectivity index (χ1v) is 6.90. The molecule has 0 amide bonds. The Hall–Kier alpha value is -1.62. The van der Waals surface area contributed by atoms with E-state index in [0.29, 0.717) is 23.1 Å². The summed E-state index contributed by atoms with van der Waals surface area (Å²) >= 11 is 0. The van der Waals surface area contributed by atoms with E-state index in [0.717, 1.165) is 25.2 Å². The van der Waals surface area contributed by atoms with Crippen molar-refractivity contribution in [2.45, 2.75) is 19.4 Å². The van der Waals surface area contributed by atoms with Crippen LogP contribution in [-0.2, 0) is 4.74 Å². The van der Waals surface area contributed by atoms with Crippen LogP contribution in [0.25, 0.3) is 0 Å². The number of nitrogens with two attached hydrogens (primary N) is 1. The van der Waals surface area contributed by atoms with Gasteiger partial charge in [-0.3, -0.25) is 0 Å². The minimum absolute atomic E-state index is 0.233. The average molecular weight is 280 g/mol. The zero-order valence-electron chi connectivity index (χ0n) is 12.7. The van der Waals surface area contributed by atoms with Crippen LogP contribution in [0.3, 0.4) is 0 Å². The monoisotopic (exact) mass is 280 g/mol. The van der Waals surface area contributed by atoms with Crippen LogP contribution >= 0.6 is 0 Å². The van der Waals surface area contributed by atoms with Crippen molar-refractivity contribution in [2.24, 2.45) is 5.92 Å². The molecule has 1 aromatic rings. The van der Waals surface area contributed by atoms with Crippen molar-refractivity contribution in [3.8, 4) is 11.5 Å². The summed E-state index contributed by atoms with van der Waals surface area (Å²) in [7, 11) is 5.01. The topological polar surface area (TPSA) is 57.0 Å². The minimum Gasteiger partial charge on any atom is -0.493 e. The number of nitrogen functional groups attached to an aromatic ring is 1. The summed E-state index contributed by atoms with van der Waals surface area (Å²) in [6.07, 6.45) is 1.32. The molecule has 1 fully saturated rings. The summed E-state index contributed by atoms with van der Waals surface area (Å²) in [6.45, 7) is 4.04. The van der Waals surface area contributed by atoms with Gasteiger partial charge in [0, 0.05) is 32.3 Å². The van der Waals surface area contributed by atoms with E-state index in [1.807, 2.05) is 12.1 Å². The van der Waals surface area contributed by atoms with Gasteiger partial charge in [-0.15, -0.1) is 0 Å². The predicted molar refractivity (Wildman–Crippen MR) is 80.7 cm³/mol. The van der Waals surface area contributed by atoms with E-state index in [-0.39, 0.29) is 6.10 Å². The number of ether oxygens (including phenoxy) is 3. The zero-order valence-corrected chi connectivity index (χ0v) is 12.7. The Bertz CT molecular complexity index is 465. The second-order valence-corrected chi connectivity index (χ2v) is 5.25. The predicted octanol–water partition coefficient (Wildman–Crippen LogP) is 2.15. The van der Waals surface area contributed by atoms with E-state index in [1.165, 1.54) is 0 Å². The van der Waals surface area contributed by atoms with Gasteiger partial charge in [0.15, 0.2) is 11.5 Å². The third-order valence-corrected chi connectivity index (χ3v) is 4.07. The number of piperidine rings is 1. The Morgan fingerprint density at radius 2 is 1.80 bits per heavy atom. The number of rotatable bonds is 4. The van der Waals surface area contributed by atoms with Crippen LogP contribution in [0.15, 0.2) is 12.1 Å². The Morgan fingerprint density at radius 3 is 2.40 bits per heavy atom. The quantitative estimate of drug-likeness (QED) is 0.856. The number of hydrogen-bond acceptors (Lipinski definition) is 5. The van der Waals surface area contributed by atoms with E-state index in [2.05, 4.69) is 11.8 Å². The summed E-state index contributed by atoms with van der Waals surface area (Å²) in [4.78, 5) is 2.26. The molecule has 5 heteroatoms. The summed E-state index contributed by atoms with van der Waals surface area (Å²) in [5, 5.41) is 0. The lowest BCUT2D eigenvalue weighted by Crippen LogP contribution is -2.44. The molecule has 2 rings (SSSR count). The molecular formula is C15H24N2O3. The number of nitrogens with zero attached hydrogens (tertiary/aromatic N) is 1. The smallest absolute Gasteiger partial charge is 0.162 e. The minimum atomic E-state index is 0.233. The van der Waals surface area contributed by atoms with Crippen molar-refractivity contribution in [3.63, 3.8) is 0 Å². The molecule has 2 unspecified atom stereocenters. The van der Waals surface area contributed by atoms with Crippen LogP contribution in [0.4, 0.5) is 11.4 Å². The van der Waals surface area contributed by atoms with Gasteiger partial charge in [-0.1, -0.05) is 6.92 Å². The molecule has 0 aliphatic carbocycles. The van der Waals surface area contributed by atoms with E-state index in [1.54, 1.807) is 21.3 Å². The van der Waals surface area contributed by atoms with Gasteiger partial charge in [0.2, 0.25) is 0 Å². The SMILES string of the molecule is COc1cc(N)c(N2CCC(C)C(OC)C2)cc1OC. The first-order chi connectivity index (χ1) is 9.60. The normalized spacial score (nSPS) is 22.7. The Balaban J connectivity index is 2.28. The molecule has 0 saturated carbocycles. The molecule has 2 atom stereocenters. The number of hydrogen-bond donors (Lipinski definition) is 1. The van der Waals surface area contributed by atoms with Crippen LogP contribution in [-0.4, -0.2) is 40.5 Å². The molecule has 1 saturated heterocycles. The van der Waals surface area contributed by atoms with Gasteiger partial charge in [-0.2, -0.15) is 0 Å². The van der Waals surface area contributed by atoms with Gasteiger partial charge in [0.05, 0.1) is 31.7 Å². The van der Waals surface area contributed by atoms with Crippen molar-refractivity contribution in [2.75, 3.05) is 45.1 Å². The van der Waals surface area contributed by atoms with Crippen molar-refractivity contribution in [1.29, 1.82) is 0 Å². The second kappa shape index (κ2) is 6.22. The third-order valence-electron chi connectivity index (χ3n) is 4.07. The third kappa shape index (κ3) is 2.77. The molecule has 5 nitrogen and oxygen atoms in total. The molecule has 1 heterocycles.